The Labute approximate surface area is 133 Å². The molecule has 2 N–H and O–H groups in total. The monoisotopic (exact) mass is 312 g/mol. The first-order chi connectivity index (χ1) is 11.1. The zero-order chi connectivity index (χ0) is 16.4. The summed E-state index contributed by atoms with van der Waals surface area (Å²) in [6, 6.07) is 10.1. The Hall–Kier alpha value is -2.69. The van der Waals surface area contributed by atoms with E-state index in [1.807, 2.05) is 19.1 Å². The van der Waals surface area contributed by atoms with E-state index in [1.165, 1.54) is 6.07 Å². The highest BCUT2D eigenvalue weighted by atomic mass is 19.1. The maximum absolute atomic E-state index is 14.2. The third-order valence-corrected chi connectivity index (χ3v) is 3.98. The molecule has 5 heteroatoms. The first-order valence-corrected chi connectivity index (χ1v) is 7.60. The molecule has 0 aliphatic carbocycles. The van der Waals surface area contributed by atoms with Gasteiger partial charge in [0.05, 0.1) is 5.69 Å². The molecule has 4 nitrogen and oxygen atoms in total. The van der Waals surface area contributed by atoms with Crippen molar-refractivity contribution >= 4 is 23.2 Å². The lowest BCUT2D eigenvalue weighted by molar-refractivity contribution is -0.116. The highest BCUT2D eigenvalue weighted by molar-refractivity contribution is 6.05. The molecule has 118 valence electrons. The van der Waals surface area contributed by atoms with Gasteiger partial charge in [-0.1, -0.05) is 25.1 Å². The van der Waals surface area contributed by atoms with Crippen LogP contribution in [0, 0.1) is 5.82 Å². The second kappa shape index (κ2) is 6.20. The number of fused-ring (bicyclic) bond motifs is 1. The van der Waals surface area contributed by atoms with Gasteiger partial charge in [0.15, 0.2) is 0 Å². The number of hydrogen-bond acceptors (Lipinski definition) is 2. The molecule has 0 spiro atoms. The standard InChI is InChI=1S/C18H17FN2O2/c1-2-11-5-3-4-6-13(11)18(23)21-16-9-12-7-8-17(22)20-15(12)10-14(16)19/h3-6,9-10H,2,7-8H2,1H3,(H,20,22)(H,21,23). The molecule has 1 aliphatic heterocycles. The largest absolute Gasteiger partial charge is 0.326 e. The Morgan fingerprint density at radius 3 is 2.83 bits per heavy atom. The molecule has 0 atom stereocenters. The minimum absolute atomic E-state index is 0.120. The zero-order valence-electron chi connectivity index (χ0n) is 12.8. The van der Waals surface area contributed by atoms with Crippen LogP contribution in [0.5, 0.6) is 0 Å². The second-order valence-corrected chi connectivity index (χ2v) is 5.50. The van der Waals surface area contributed by atoms with Crippen molar-refractivity contribution in [2.75, 3.05) is 10.6 Å². The highest BCUT2D eigenvalue weighted by Crippen LogP contribution is 2.29. The molecule has 3 rings (SSSR count). The van der Waals surface area contributed by atoms with Crippen LogP contribution in [0.1, 0.15) is 34.8 Å². The lowest BCUT2D eigenvalue weighted by atomic mass is 10.0. The molecule has 0 unspecified atom stereocenters. The predicted octanol–water partition coefficient (Wildman–Crippen LogP) is 3.53. The second-order valence-electron chi connectivity index (χ2n) is 5.50. The summed E-state index contributed by atoms with van der Waals surface area (Å²) < 4.78 is 14.2. The molecule has 2 aromatic carbocycles. The number of amides is 2. The summed E-state index contributed by atoms with van der Waals surface area (Å²) in [5.74, 6) is -1.01. The lowest BCUT2D eigenvalue weighted by Gasteiger charge is -2.18. The molecular weight excluding hydrogens is 295 g/mol. The van der Waals surface area contributed by atoms with Gasteiger partial charge in [-0.25, -0.2) is 4.39 Å². The normalized spacial score (nSPS) is 13.2. The number of hydrogen-bond donors (Lipinski definition) is 2. The van der Waals surface area contributed by atoms with E-state index in [9.17, 15) is 14.0 Å². The Morgan fingerprint density at radius 1 is 1.26 bits per heavy atom. The van der Waals surface area contributed by atoms with Gasteiger partial charge < -0.3 is 10.6 Å². The van der Waals surface area contributed by atoms with Gasteiger partial charge in [-0.3, -0.25) is 9.59 Å². The molecule has 0 aromatic heterocycles. The van der Waals surface area contributed by atoms with Crippen LogP contribution in [0.4, 0.5) is 15.8 Å². The topological polar surface area (TPSA) is 58.2 Å². The zero-order valence-corrected chi connectivity index (χ0v) is 12.8. The number of nitrogens with one attached hydrogen (secondary N) is 2. The van der Waals surface area contributed by atoms with Gasteiger partial charge in [0, 0.05) is 17.7 Å². The number of aryl methyl sites for hydroxylation is 2. The van der Waals surface area contributed by atoms with Crippen molar-refractivity contribution in [2.24, 2.45) is 0 Å². The third-order valence-electron chi connectivity index (χ3n) is 3.98. The van der Waals surface area contributed by atoms with Gasteiger partial charge in [0.25, 0.3) is 5.91 Å². The van der Waals surface area contributed by atoms with Crippen molar-refractivity contribution in [2.45, 2.75) is 26.2 Å². The Morgan fingerprint density at radius 2 is 2.04 bits per heavy atom. The van der Waals surface area contributed by atoms with E-state index in [1.54, 1.807) is 18.2 Å². The summed E-state index contributed by atoms with van der Waals surface area (Å²) in [7, 11) is 0. The fourth-order valence-corrected chi connectivity index (χ4v) is 2.74. The van der Waals surface area contributed by atoms with Crippen molar-refractivity contribution in [3.05, 3.63) is 58.9 Å². The predicted molar refractivity (Wildman–Crippen MR) is 87.1 cm³/mol. The van der Waals surface area contributed by atoms with Crippen LogP contribution >= 0.6 is 0 Å². The molecule has 0 saturated heterocycles. The van der Waals surface area contributed by atoms with E-state index in [0.29, 0.717) is 24.1 Å². The van der Waals surface area contributed by atoms with Gasteiger partial charge in [-0.2, -0.15) is 0 Å². The fraction of sp³-hybridized carbons (Fsp3) is 0.222. The summed E-state index contributed by atoms with van der Waals surface area (Å²) in [5.41, 5.74) is 2.89. The van der Waals surface area contributed by atoms with Crippen LogP contribution in [0.3, 0.4) is 0 Å². The SMILES string of the molecule is CCc1ccccc1C(=O)Nc1cc2c(cc1F)NC(=O)CC2. The number of halogens is 1. The van der Waals surface area contributed by atoms with Crippen molar-refractivity contribution < 1.29 is 14.0 Å². The summed E-state index contributed by atoms with van der Waals surface area (Å²) in [6.07, 6.45) is 1.63. The molecule has 0 saturated carbocycles. The van der Waals surface area contributed by atoms with Gasteiger partial charge >= 0.3 is 0 Å². The molecule has 0 bridgehead atoms. The molecule has 23 heavy (non-hydrogen) atoms. The number of anilines is 2. The van der Waals surface area contributed by atoms with Gasteiger partial charge in [0.2, 0.25) is 5.91 Å². The van der Waals surface area contributed by atoms with Crippen LogP contribution in [0.2, 0.25) is 0 Å². The van der Waals surface area contributed by atoms with Crippen molar-refractivity contribution in [1.29, 1.82) is 0 Å². The first-order valence-electron chi connectivity index (χ1n) is 7.60. The summed E-state index contributed by atoms with van der Waals surface area (Å²) in [5, 5.41) is 5.28. The minimum Gasteiger partial charge on any atom is -0.326 e. The number of rotatable bonds is 3. The molecule has 2 aromatic rings. The fourth-order valence-electron chi connectivity index (χ4n) is 2.74. The molecular formula is C18H17FN2O2. The van der Waals surface area contributed by atoms with E-state index < -0.39 is 5.82 Å². The Kier molecular flexibility index (Phi) is 4.10. The van der Waals surface area contributed by atoms with Gasteiger partial charge in [-0.15, -0.1) is 0 Å². The van der Waals surface area contributed by atoms with Crippen LogP contribution in [-0.2, 0) is 17.6 Å². The highest BCUT2D eigenvalue weighted by Gasteiger charge is 2.19. The number of benzene rings is 2. The first kappa shape index (κ1) is 15.2. The maximum atomic E-state index is 14.2. The summed E-state index contributed by atoms with van der Waals surface area (Å²) in [6.45, 7) is 1.97. The summed E-state index contributed by atoms with van der Waals surface area (Å²) in [4.78, 5) is 23.8. The van der Waals surface area contributed by atoms with Gasteiger partial charge in [-0.05, 0) is 42.2 Å². The van der Waals surface area contributed by atoms with E-state index in [2.05, 4.69) is 10.6 Å². The van der Waals surface area contributed by atoms with Crippen molar-refractivity contribution in [3.8, 4) is 0 Å². The van der Waals surface area contributed by atoms with Crippen molar-refractivity contribution in [1.82, 2.24) is 0 Å². The number of carbonyl (C=O) groups is 2. The average molecular weight is 312 g/mol. The minimum atomic E-state index is -0.562. The molecule has 1 heterocycles. The smallest absolute Gasteiger partial charge is 0.256 e. The molecule has 0 fully saturated rings. The molecule has 2 amide bonds. The maximum Gasteiger partial charge on any atom is 0.256 e. The summed E-state index contributed by atoms with van der Waals surface area (Å²) >= 11 is 0. The van der Waals surface area contributed by atoms with E-state index in [-0.39, 0.29) is 17.5 Å². The van der Waals surface area contributed by atoms with E-state index in [0.717, 1.165) is 17.5 Å². The molecule has 0 radical (unpaired) electrons. The van der Waals surface area contributed by atoms with Gasteiger partial charge in [0.1, 0.15) is 5.82 Å². The third kappa shape index (κ3) is 3.08. The van der Waals surface area contributed by atoms with Crippen LogP contribution in [0.15, 0.2) is 36.4 Å². The Balaban J connectivity index is 1.88. The van der Waals surface area contributed by atoms with E-state index in [4.69, 9.17) is 0 Å². The average Bonchev–Trinajstić information content (AvgIpc) is 2.55. The number of carbonyl (C=O) groups excluding carboxylic acids is 2. The Bertz CT molecular complexity index is 787. The van der Waals surface area contributed by atoms with Crippen LogP contribution in [-0.4, -0.2) is 11.8 Å². The van der Waals surface area contributed by atoms with E-state index >= 15 is 0 Å². The lowest BCUT2D eigenvalue weighted by Crippen LogP contribution is -2.20. The quantitative estimate of drug-likeness (QED) is 0.911. The van der Waals surface area contributed by atoms with Crippen LogP contribution < -0.4 is 10.6 Å². The van der Waals surface area contributed by atoms with Crippen LogP contribution in [0.25, 0.3) is 0 Å². The van der Waals surface area contributed by atoms with Crippen molar-refractivity contribution in [3.63, 3.8) is 0 Å². The molecule has 1 aliphatic rings.